The second kappa shape index (κ2) is 26.2. The summed E-state index contributed by atoms with van der Waals surface area (Å²) in [7, 11) is -3.75. The summed E-state index contributed by atoms with van der Waals surface area (Å²) in [6, 6.07) is 27.8. The van der Waals surface area contributed by atoms with Crippen LogP contribution in [-0.4, -0.2) is 105 Å². The van der Waals surface area contributed by atoms with Gasteiger partial charge in [-0.1, -0.05) is 66.7 Å². The fourth-order valence-electron chi connectivity index (χ4n) is 8.70. The molecule has 3 aromatic heterocycles. The van der Waals surface area contributed by atoms with Crippen molar-refractivity contribution in [3.8, 4) is 6.01 Å². The number of aromatic nitrogens is 5. The minimum atomic E-state index is -3.75. The second-order valence-electron chi connectivity index (χ2n) is 18.4. The molecule has 1 saturated heterocycles. The Hall–Kier alpha value is -7.99. The van der Waals surface area contributed by atoms with Crippen LogP contribution in [0.15, 0.2) is 135 Å². The summed E-state index contributed by atoms with van der Waals surface area (Å²) in [5, 5.41) is 14.8. The van der Waals surface area contributed by atoms with Crippen molar-refractivity contribution in [2.24, 2.45) is 5.14 Å². The first-order valence-corrected chi connectivity index (χ1v) is 27.5. The molecule has 1 aliphatic carbocycles. The van der Waals surface area contributed by atoms with Crippen LogP contribution in [0, 0.1) is 5.82 Å². The number of esters is 1. The standard InChI is InChI=1S/C29H35N7O3.C25H23FN4O6S2/c37-26(32-23-11-5-2-6-12-23)20-30-28-33-25-14-8-7-13-24(25)27(38)36(28)21-34-15-17-35(18-16-34)29(39)31-19-22-9-3-1-4-10-22;26-18-10-8-17(9-11-18)24(33)36-25-29-22-21(37-15-28-22)23(32)30(25)14-2-5-19(31)4-1-3-16-6-12-20(13-7-16)38(27,34)35/h1-5,7-10,13-14,23H,6,11-12,15-21H2,(H,30,33)(H,31,39)(H,32,37);6-13,15H,1-5,14H2,(H2,27,34,35). The molecule has 0 spiro atoms. The van der Waals surface area contributed by atoms with Gasteiger partial charge in [-0.15, -0.1) is 11.3 Å². The maximum Gasteiger partial charge on any atom is 0.345 e. The third-order valence-electron chi connectivity index (χ3n) is 12.9. The number of carbonyl (C=O) groups excluding carboxylic acids is 4. The summed E-state index contributed by atoms with van der Waals surface area (Å²) in [5.41, 5.74) is 3.61. The maximum atomic E-state index is 13.5. The topological polar surface area (TPSA) is 263 Å². The summed E-state index contributed by atoms with van der Waals surface area (Å²) in [4.78, 5) is 93.5. The SMILES string of the molecule is NS(=O)(=O)c1ccc(CCCC(=O)CCCn2c(OC(=O)c3ccc(F)cc3)nc3ncsc3c2=O)cc1.O=C(CNc1nc2ccccc2c(=O)n1CN1CCN(C(=O)NCc2ccccc2)CC1)NC1CC=CCC1. The van der Waals surface area contributed by atoms with Gasteiger partial charge in [0.15, 0.2) is 5.65 Å². The molecular weight excluding hydrogens is 1030 g/mol. The highest BCUT2D eigenvalue weighted by Crippen LogP contribution is 2.20. The van der Waals surface area contributed by atoms with Crippen molar-refractivity contribution in [1.82, 2.24) is 44.5 Å². The summed E-state index contributed by atoms with van der Waals surface area (Å²) in [6.07, 6.45) is 8.94. The highest BCUT2D eigenvalue weighted by atomic mass is 32.2. The molecule has 3 amide bonds. The highest BCUT2D eigenvalue weighted by Gasteiger charge is 2.24. The van der Waals surface area contributed by atoms with Crippen LogP contribution in [-0.2, 0) is 45.8 Å². The molecule has 1 unspecified atom stereocenters. The van der Waals surface area contributed by atoms with E-state index >= 15 is 0 Å². The minimum Gasteiger partial charge on any atom is -0.388 e. The van der Waals surface area contributed by atoms with Gasteiger partial charge in [0.25, 0.3) is 11.1 Å². The van der Waals surface area contributed by atoms with Crippen LogP contribution >= 0.6 is 11.3 Å². The number of sulfonamides is 1. The Labute approximate surface area is 446 Å². The fourth-order valence-corrected chi connectivity index (χ4v) is 9.89. The first-order valence-electron chi connectivity index (χ1n) is 25.1. The van der Waals surface area contributed by atoms with Crippen LogP contribution in [0.2, 0.25) is 0 Å². The number of para-hydroxylation sites is 1. The van der Waals surface area contributed by atoms with E-state index in [0.29, 0.717) is 86.6 Å². The minimum absolute atomic E-state index is 0.00381. The number of nitrogens with zero attached hydrogens (tertiary/aromatic N) is 7. The Morgan fingerprint density at radius 2 is 1.53 bits per heavy atom. The van der Waals surface area contributed by atoms with Gasteiger partial charge >= 0.3 is 18.0 Å². The zero-order valence-corrected chi connectivity index (χ0v) is 43.6. The number of urea groups is 1. The number of nitrogens with two attached hydrogens (primary N) is 1. The van der Waals surface area contributed by atoms with E-state index in [1.54, 1.807) is 33.7 Å². The molecule has 5 N–H and O–H groups in total. The Kier molecular flexibility index (Phi) is 18.8. The summed E-state index contributed by atoms with van der Waals surface area (Å²) >= 11 is 1.11. The number of anilines is 1. The molecule has 2 aliphatic rings. The molecule has 1 aliphatic heterocycles. The first kappa shape index (κ1) is 55.2. The third kappa shape index (κ3) is 15.3. The van der Waals surface area contributed by atoms with Gasteiger partial charge in [-0.25, -0.2) is 37.5 Å². The van der Waals surface area contributed by atoms with Crippen molar-refractivity contribution < 1.29 is 36.7 Å². The van der Waals surface area contributed by atoms with Gasteiger partial charge in [0.2, 0.25) is 21.9 Å². The predicted molar refractivity (Wildman–Crippen MR) is 289 cm³/mol. The van der Waals surface area contributed by atoms with Crippen LogP contribution in [0.25, 0.3) is 21.3 Å². The number of halogens is 1. The smallest absolute Gasteiger partial charge is 0.345 e. The number of hydrogen-bond acceptors (Lipinski definition) is 15. The van der Waals surface area contributed by atoms with Gasteiger partial charge in [0.1, 0.15) is 16.3 Å². The van der Waals surface area contributed by atoms with E-state index in [0.717, 1.165) is 53.9 Å². The number of Topliss-reactive ketones (excluding diaryl/α,β-unsaturated/α-hetero) is 1. The Morgan fingerprint density at radius 3 is 2.26 bits per heavy atom. The quantitative estimate of drug-likeness (QED) is 0.0556. The Balaban J connectivity index is 0.000000204. The molecule has 1 fully saturated rings. The highest BCUT2D eigenvalue weighted by molar-refractivity contribution is 7.89. The molecule has 0 bridgehead atoms. The number of nitrogens with one attached hydrogen (secondary N) is 3. The van der Waals surface area contributed by atoms with Crippen molar-refractivity contribution in [3.05, 3.63) is 164 Å². The molecule has 4 aromatic carbocycles. The lowest BCUT2D eigenvalue weighted by Crippen LogP contribution is -2.52. The average Bonchev–Trinajstić information content (AvgIpc) is 3.92. The summed E-state index contributed by atoms with van der Waals surface area (Å²) in [5.74, 6) is -1.09. The summed E-state index contributed by atoms with van der Waals surface area (Å²) in [6.45, 7) is 3.26. The van der Waals surface area contributed by atoms with Crippen molar-refractivity contribution in [2.75, 3.05) is 38.0 Å². The van der Waals surface area contributed by atoms with E-state index in [-0.39, 0.29) is 70.9 Å². The van der Waals surface area contributed by atoms with Crippen LogP contribution in [0.4, 0.5) is 15.1 Å². The number of ether oxygens (including phenoxy) is 1. The van der Waals surface area contributed by atoms with E-state index in [1.165, 1.54) is 34.3 Å². The van der Waals surface area contributed by atoms with Gasteiger partial charge < -0.3 is 25.6 Å². The normalized spacial score (nSPS) is 14.6. The van der Waals surface area contributed by atoms with Gasteiger partial charge in [0, 0.05) is 58.2 Å². The van der Waals surface area contributed by atoms with Gasteiger partial charge in [-0.2, -0.15) is 4.98 Å². The molecule has 23 heteroatoms. The first-order chi connectivity index (χ1) is 37.2. The number of rotatable bonds is 19. The largest absolute Gasteiger partial charge is 0.388 e. The average molecular weight is 1090 g/mol. The number of benzene rings is 4. The number of primary sulfonamides is 1. The van der Waals surface area contributed by atoms with E-state index < -0.39 is 27.4 Å². The van der Waals surface area contributed by atoms with Crippen LogP contribution < -0.4 is 36.9 Å². The zero-order valence-electron chi connectivity index (χ0n) is 42.0. The van der Waals surface area contributed by atoms with Crippen molar-refractivity contribution in [2.45, 2.75) is 82.1 Å². The summed E-state index contributed by atoms with van der Waals surface area (Å²) < 4.78 is 44.3. The van der Waals surface area contributed by atoms with E-state index in [1.807, 2.05) is 42.5 Å². The van der Waals surface area contributed by atoms with Crippen molar-refractivity contribution in [3.63, 3.8) is 0 Å². The van der Waals surface area contributed by atoms with Gasteiger partial charge in [-0.3, -0.25) is 33.2 Å². The Bertz CT molecular complexity index is 3470. The molecule has 77 heavy (non-hydrogen) atoms. The number of ketones is 1. The van der Waals surface area contributed by atoms with Gasteiger partial charge in [-0.05, 0) is 98.2 Å². The van der Waals surface area contributed by atoms with Crippen molar-refractivity contribution >= 4 is 72.2 Å². The number of piperazine rings is 1. The molecule has 0 radical (unpaired) electrons. The number of carbonyl (C=O) groups is 4. The van der Waals surface area contributed by atoms with E-state index in [2.05, 4.69) is 48.0 Å². The lowest BCUT2D eigenvalue weighted by atomic mass is 10.0. The fraction of sp³-hybridized carbons (Fsp3) is 0.315. The lowest BCUT2D eigenvalue weighted by Gasteiger charge is -2.35. The molecule has 7 aromatic rings. The van der Waals surface area contributed by atoms with E-state index in [9.17, 15) is 41.6 Å². The molecule has 4 heterocycles. The molecular formula is C54H58FN11O9S2. The molecule has 0 saturated carbocycles. The van der Waals surface area contributed by atoms with Crippen molar-refractivity contribution in [1.29, 1.82) is 0 Å². The maximum absolute atomic E-state index is 13.5. The van der Waals surface area contributed by atoms with Crippen LogP contribution in [0.1, 0.15) is 66.4 Å². The molecule has 9 rings (SSSR count). The van der Waals surface area contributed by atoms with E-state index in [4.69, 9.17) is 9.88 Å². The number of aryl methyl sites for hydroxylation is 1. The molecule has 402 valence electrons. The third-order valence-corrected chi connectivity index (χ3v) is 14.6. The number of allylic oxidation sites excluding steroid dienone is 1. The molecule has 1 atom stereocenters. The number of amides is 3. The van der Waals surface area contributed by atoms with Crippen LogP contribution in [0.5, 0.6) is 6.01 Å². The van der Waals surface area contributed by atoms with Crippen LogP contribution in [0.3, 0.4) is 0 Å². The number of fused-ring (bicyclic) bond motifs is 2. The lowest BCUT2D eigenvalue weighted by molar-refractivity contribution is -0.120. The predicted octanol–water partition coefficient (Wildman–Crippen LogP) is 5.75. The molecule has 20 nitrogen and oxygen atoms in total. The number of hydrogen-bond donors (Lipinski definition) is 4. The Morgan fingerprint density at radius 1 is 0.805 bits per heavy atom. The number of thiazole rings is 1. The monoisotopic (exact) mass is 1090 g/mol. The zero-order chi connectivity index (χ0) is 54.3. The second-order valence-corrected chi connectivity index (χ2v) is 20.8. The van der Waals surface area contributed by atoms with Gasteiger partial charge in [0.05, 0.1) is 40.1 Å².